The number of halogens is 1. The molecule has 32 heavy (non-hydrogen) atoms. The molecule has 0 radical (unpaired) electrons. The Bertz CT molecular complexity index is 1060. The summed E-state index contributed by atoms with van der Waals surface area (Å²) < 4.78 is 38.3. The Hall–Kier alpha value is -2.29. The molecule has 3 rings (SSSR count). The molecule has 2 aromatic rings. The van der Waals surface area contributed by atoms with Crippen LogP contribution >= 0.6 is 11.6 Å². The second kappa shape index (κ2) is 10.1. The number of sulfonamides is 1. The Balaban J connectivity index is 1.71. The lowest BCUT2D eigenvalue weighted by molar-refractivity contribution is 0.0697. The summed E-state index contributed by atoms with van der Waals surface area (Å²) in [5, 5.41) is 0.292. The van der Waals surface area contributed by atoms with Gasteiger partial charge >= 0.3 is 0 Å². The van der Waals surface area contributed by atoms with Crippen LogP contribution in [0.2, 0.25) is 5.02 Å². The Labute approximate surface area is 194 Å². The molecule has 2 aromatic carbocycles. The van der Waals surface area contributed by atoms with Crippen molar-refractivity contribution in [3.63, 3.8) is 0 Å². The van der Waals surface area contributed by atoms with Gasteiger partial charge in [0.25, 0.3) is 5.91 Å². The van der Waals surface area contributed by atoms with E-state index in [1.54, 1.807) is 29.2 Å². The SMILES string of the molecule is CCOc1c(Cl)cc(C(=O)N2CCN(S(=O)(=O)c3ccc(C(C)C)cc3)CC2)cc1OC. The predicted molar refractivity (Wildman–Crippen MR) is 124 cm³/mol. The van der Waals surface area contributed by atoms with E-state index in [1.165, 1.54) is 11.4 Å². The fourth-order valence-electron chi connectivity index (χ4n) is 3.62. The van der Waals surface area contributed by atoms with Crippen LogP contribution in [0.4, 0.5) is 0 Å². The summed E-state index contributed by atoms with van der Waals surface area (Å²) in [5.74, 6) is 0.879. The van der Waals surface area contributed by atoms with E-state index in [2.05, 4.69) is 13.8 Å². The molecular weight excluding hydrogens is 452 g/mol. The Kier molecular flexibility index (Phi) is 7.69. The highest BCUT2D eigenvalue weighted by molar-refractivity contribution is 7.89. The molecule has 174 valence electrons. The highest BCUT2D eigenvalue weighted by atomic mass is 35.5. The third-order valence-corrected chi connectivity index (χ3v) is 7.67. The average Bonchev–Trinajstić information content (AvgIpc) is 2.80. The summed E-state index contributed by atoms with van der Waals surface area (Å²) >= 11 is 6.29. The third kappa shape index (κ3) is 5.03. The first kappa shape index (κ1) is 24.4. The highest BCUT2D eigenvalue weighted by Gasteiger charge is 2.31. The molecule has 1 heterocycles. The Morgan fingerprint density at radius 1 is 1.09 bits per heavy atom. The lowest BCUT2D eigenvalue weighted by Gasteiger charge is -2.34. The molecule has 0 unspecified atom stereocenters. The van der Waals surface area contributed by atoms with Crippen LogP contribution in [0.15, 0.2) is 41.3 Å². The van der Waals surface area contributed by atoms with Gasteiger partial charge in [-0.15, -0.1) is 0 Å². The van der Waals surface area contributed by atoms with Gasteiger partial charge in [-0.2, -0.15) is 4.31 Å². The molecule has 0 aromatic heterocycles. The number of hydrogen-bond acceptors (Lipinski definition) is 5. The minimum atomic E-state index is -3.61. The standard InChI is InChI=1S/C23H29ClN2O5S/c1-5-31-22-20(24)14-18(15-21(22)30-4)23(27)25-10-12-26(13-11-25)32(28,29)19-8-6-17(7-9-19)16(2)3/h6-9,14-16H,5,10-13H2,1-4H3. The molecule has 1 aliphatic heterocycles. The molecule has 0 saturated carbocycles. The monoisotopic (exact) mass is 480 g/mol. The van der Waals surface area contributed by atoms with Crippen molar-refractivity contribution in [2.24, 2.45) is 0 Å². The topological polar surface area (TPSA) is 76.2 Å². The van der Waals surface area contributed by atoms with Gasteiger partial charge in [0.2, 0.25) is 10.0 Å². The first-order chi connectivity index (χ1) is 15.2. The number of ether oxygens (including phenoxy) is 2. The Morgan fingerprint density at radius 2 is 1.72 bits per heavy atom. The second-order valence-electron chi connectivity index (χ2n) is 7.84. The number of amides is 1. The summed E-state index contributed by atoms with van der Waals surface area (Å²) in [5.41, 5.74) is 1.46. The van der Waals surface area contributed by atoms with Crippen molar-refractivity contribution in [2.45, 2.75) is 31.6 Å². The average molecular weight is 481 g/mol. The maximum atomic E-state index is 13.0. The zero-order chi connectivity index (χ0) is 23.5. The van der Waals surface area contributed by atoms with Crippen LogP contribution in [0.25, 0.3) is 0 Å². The first-order valence-corrected chi connectivity index (χ1v) is 12.4. The molecule has 1 amide bonds. The summed E-state index contributed by atoms with van der Waals surface area (Å²) in [7, 11) is -2.12. The van der Waals surface area contributed by atoms with Gasteiger partial charge in [0.05, 0.1) is 23.6 Å². The molecule has 1 fully saturated rings. The van der Waals surface area contributed by atoms with Gasteiger partial charge < -0.3 is 14.4 Å². The summed E-state index contributed by atoms with van der Waals surface area (Å²) in [4.78, 5) is 14.9. The molecule has 1 saturated heterocycles. The van der Waals surface area contributed by atoms with Gasteiger partial charge in [0.1, 0.15) is 0 Å². The number of piperazine rings is 1. The van der Waals surface area contributed by atoms with Crippen LogP contribution in [0, 0.1) is 0 Å². The molecule has 0 bridgehead atoms. The summed E-state index contributed by atoms with van der Waals surface area (Å²) in [6.07, 6.45) is 0. The zero-order valence-electron chi connectivity index (χ0n) is 18.8. The Morgan fingerprint density at radius 3 is 2.25 bits per heavy atom. The van der Waals surface area contributed by atoms with Crippen molar-refractivity contribution < 1.29 is 22.7 Å². The highest BCUT2D eigenvalue weighted by Crippen LogP contribution is 2.36. The van der Waals surface area contributed by atoms with Crippen molar-refractivity contribution >= 4 is 27.5 Å². The van der Waals surface area contributed by atoms with Crippen molar-refractivity contribution in [3.8, 4) is 11.5 Å². The van der Waals surface area contributed by atoms with E-state index in [9.17, 15) is 13.2 Å². The van der Waals surface area contributed by atoms with E-state index >= 15 is 0 Å². The zero-order valence-corrected chi connectivity index (χ0v) is 20.4. The van der Waals surface area contributed by atoms with Crippen LogP contribution in [0.5, 0.6) is 11.5 Å². The van der Waals surface area contributed by atoms with Gasteiger partial charge in [-0.05, 0) is 42.7 Å². The number of nitrogens with zero attached hydrogens (tertiary/aromatic N) is 2. The lowest BCUT2D eigenvalue weighted by atomic mass is 10.0. The van der Waals surface area contributed by atoms with Gasteiger partial charge in [-0.25, -0.2) is 8.42 Å². The minimum absolute atomic E-state index is 0.224. The molecule has 0 spiro atoms. The molecule has 0 aliphatic carbocycles. The number of hydrogen-bond donors (Lipinski definition) is 0. The molecule has 9 heteroatoms. The fraction of sp³-hybridized carbons (Fsp3) is 0.435. The third-order valence-electron chi connectivity index (χ3n) is 5.48. The minimum Gasteiger partial charge on any atom is -0.493 e. The van der Waals surface area contributed by atoms with Crippen LogP contribution in [-0.4, -0.2) is 63.4 Å². The van der Waals surface area contributed by atoms with Crippen molar-refractivity contribution in [1.29, 1.82) is 0 Å². The lowest BCUT2D eigenvalue weighted by Crippen LogP contribution is -2.50. The maximum Gasteiger partial charge on any atom is 0.254 e. The van der Waals surface area contributed by atoms with Crippen molar-refractivity contribution in [1.82, 2.24) is 9.21 Å². The van der Waals surface area contributed by atoms with Crippen molar-refractivity contribution in [2.75, 3.05) is 39.9 Å². The number of carbonyl (C=O) groups excluding carboxylic acids is 1. The van der Waals surface area contributed by atoms with Gasteiger partial charge in [-0.3, -0.25) is 4.79 Å². The maximum absolute atomic E-state index is 13.0. The molecule has 7 nitrogen and oxygen atoms in total. The van der Waals surface area contributed by atoms with E-state index in [1.807, 2.05) is 19.1 Å². The van der Waals surface area contributed by atoms with E-state index in [-0.39, 0.29) is 37.0 Å². The number of rotatable bonds is 7. The van der Waals surface area contributed by atoms with Crippen LogP contribution in [0.3, 0.4) is 0 Å². The molecule has 0 N–H and O–H groups in total. The van der Waals surface area contributed by atoms with Crippen LogP contribution < -0.4 is 9.47 Å². The van der Waals surface area contributed by atoms with Gasteiger partial charge in [0, 0.05) is 31.7 Å². The molecule has 0 atom stereocenters. The predicted octanol–water partition coefficient (Wildman–Crippen LogP) is 4.02. The summed E-state index contributed by atoms with van der Waals surface area (Å²) in [6, 6.07) is 10.1. The van der Waals surface area contributed by atoms with Gasteiger partial charge in [-0.1, -0.05) is 37.6 Å². The van der Waals surface area contributed by atoms with Gasteiger partial charge in [0.15, 0.2) is 11.5 Å². The van der Waals surface area contributed by atoms with E-state index in [4.69, 9.17) is 21.1 Å². The summed E-state index contributed by atoms with van der Waals surface area (Å²) in [6.45, 7) is 7.40. The van der Waals surface area contributed by atoms with Crippen molar-refractivity contribution in [3.05, 3.63) is 52.5 Å². The second-order valence-corrected chi connectivity index (χ2v) is 10.2. The van der Waals surface area contributed by atoms with E-state index in [0.29, 0.717) is 34.6 Å². The largest absolute Gasteiger partial charge is 0.493 e. The first-order valence-electron chi connectivity index (χ1n) is 10.6. The normalized spacial score (nSPS) is 15.1. The smallest absolute Gasteiger partial charge is 0.254 e. The van der Waals surface area contributed by atoms with E-state index in [0.717, 1.165) is 5.56 Å². The fourth-order valence-corrected chi connectivity index (χ4v) is 5.30. The molecular formula is C23H29ClN2O5S. The molecule has 1 aliphatic rings. The van der Waals surface area contributed by atoms with Crippen LogP contribution in [-0.2, 0) is 10.0 Å². The number of carbonyl (C=O) groups is 1. The number of benzene rings is 2. The quantitative estimate of drug-likeness (QED) is 0.598. The van der Waals surface area contributed by atoms with E-state index < -0.39 is 10.0 Å². The van der Waals surface area contributed by atoms with Crippen LogP contribution in [0.1, 0.15) is 42.6 Å². The number of methoxy groups -OCH3 is 1.